The molecule has 184 valence electrons. The van der Waals surface area contributed by atoms with Gasteiger partial charge in [-0.1, -0.05) is 0 Å². The number of fused-ring (bicyclic) bond motifs is 4. The van der Waals surface area contributed by atoms with Crippen LogP contribution in [0.3, 0.4) is 0 Å². The van der Waals surface area contributed by atoms with Gasteiger partial charge in [0, 0.05) is 17.8 Å². The molecule has 0 radical (unpaired) electrons. The fraction of sp³-hybridized carbons (Fsp3) is 0.438. The Morgan fingerprint density at radius 1 is 0.457 bits per heavy atom. The van der Waals surface area contributed by atoms with Gasteiger partial charge in [-0.15, -0.1) is 0 Å². The van der Waals surface area contributed by atoms with Gasteiger partial charge in [-0.2, -0.15) is 0 Å². The third kappa shape index (κ3) is 2.78. The molecule has 0 saturated heterocycles. The number of aryl methyl sites for hydroxylation is 4. The summed E-state index contributed by atoms with van der Waals surface area (Å²) in [6, 6.07) is 0. The van der Waals surface area contributed by atoms with E-state index in [1.807, 2.05) is 0 Å². The molecule has 2 heterocycles. The lowest BCUT2D eigenvalue weighted by molar-refractivity contribution is 0.660. The molecule has 3 nitrogen and oxygen atoms in total. The Morgan fingerprint density at radius 2 is 0.857 bits per heavy atom. The van der Waals surface area contributed by atoms with Crippen molar-refractivity contribution < 1.29 is 4.42 Å². The molecule has 0 fully saturated rings. The quantitative estimate of drug-likeness (QED) is 0.278. The maximum atomic E-state index is 6.68. The normalized spacial score (nSPS) is 15.7. The monoisotopic (exact) mass is 468 g/mol. The molecule has 1 aromatic heterocycles. The first kappa shape index (κ1) is 23.8. The first-order chi connectivity index (χ1) is 16.3. The predicted molar refractivity (Wildman–Crippen MR) is 152 cm³/mol. The lowest BCUT2D eigenvalue weighted by Crippen LogP contribution is -2.36. The summed E-state index contributed by atoms with van der Waals surface area (Å²) < 4.78 is 6.68. The summed E-state index contributed by atoms with van der Waals surface area (Å²) in [6.45, 7) is 27.2. The lowest BCUT2D eigenvalue weighted by atomic mass is 9.90. The largest absolute Gasteiger partial charge is 0.455 e. The van der Waals surface area contributed by atoms with E-state index in [9.17, 15) is 0 Å². The van der Waals surface area contributed by atoms with Crippen LogP contribution in [0.2, 0.25) is 0 Å². The number of rotatable bonds is 1. The molecule has 1 atom stereocenters. The Balaban J connectivity index is 1.96. The van der Waals surface area contributed by atoms with Gasteiger partial charge in [-0.25, -0.2) is 0 Å². The van der Waals surface area contributed by atoms with Crippen molar-refractivity contribution in [2.24, 2.45) is 0 Å². The third-order valence-electron chi connectivity index (χ3n) is 9.69. The fourth-order valence-electron chi connectivity index (χ4n) is 6.55. The maximum absolute atomic E-state index is 6.68. The van der Waals surface area contributed by atoms with Crippen LogP contribution in [0.25, 0.3) is 21.9 Å². The average Bonchev–Trinajstić information content (AvgIpc) is 3.35. The average molecular weight is 469 g/mol. The van der Waals surface area contributed by atoms with Crippen molar-refractivity contribution in [1.82, 2.24) is 0 Å². The number of anilines is 3. The Hall–Kier alpha value is -2.94. The lowest BCUT2D eigenvalue weighted by Gasteiger charge is -2.32. The van der Waals surface area contributed by atoms with Crippen LogP contribution in [0.5, 0.6) is 0 Å². The summed E-state index contributed by atoms with van der Waals surface area (Å²) >= 11 is 0. The minimum Gasteiger partial charge on any atom is -0.455 e. The number of hydrogen-bond acceptors (Lipinski definition) is 3. The zero-order valence-electron chi connectivity index (χ0n) is 23.9. The molecule has 1 aliphatic heterocycles. The molecule has 1 aliphatic rings. The van der Waals surface area contributed by atoms with Crippen LogP contribution in [-0.2, 0) is 0 Å². The van der Waals surface area contributed by atoms with E-state index in [4.69, 9.17) is 4.42 Å². The van der Waals surface area contributed by atoms with Gasteiger partial charge < -0.3 is 14.2 Å². The second kappa shape index (κ2) is 7.53. The van der Waals surface area contributed by atoms with Crippen molar-refractivity contribution >= 4 is 39.0 Å². The van der Waals surface area contributed by atoms with E-state index in [2.05, 4.69) is 99.9 Å². The standard InChI is InChI=1S/C32H40N2O/c1-14-17(4)22(9)31-26(18(14)5)27-24(11)28(21(8)23(10)32(27)35-31)34-25(12)33(13)29-19(6)15(2)16(3)20(7)30(29)34/h25H,1-13H3/t25-/m1/s1. The molecular formula is C32H40N2O. The van der Waals surface area contributed by atoms with Crippen LogP contribution in [0.15, 0.2) is 4.42 Å². The summed E-state index contributed by atoms with van der Waals surface area (Å²) in [5, 5.41) is 2.57. The van der Waals surface area contributed by atoms with E-state index in [-0.39, 0.29) is 6.17 Å². The fourth-order valence-corrected chi connectivity index (χ4v) is 6.55. The SMILES string of the molecule is Cc1c(C)c(C)c2c(c1C)N(C)[C@@H](C)N2c1c(C)c(C)c2oc3c(C)c(C)c(C)c(C)c3c2c1C. The highest BCUT2D eigenvalue weighted by Crippen LogP contribution is 2.53. The van der Waals surface area contributed by atoms with E-state index in [1.54, 1.807) is 0 Å². The van der Waals surface area contributed by atoms with Gasteiger partial charge in [-0.3, -0.25) is 0 Å². The van der Waals surface area contributed by atoms with Crippen molar-refractivity contribution in [2.75, 3.05) is 16.8 Å². The minimum atomic E-state index is 0.225. The van der Waals surface area contributed by atoms with Gasteiger partial charge in [0.05, 0.1) is 17.1 Å². The molecule has 0 saturated carbocycles. The smallest absolute Gasteiger partial charge is 0.139 e. The summed E-state index contributed by atoms with van der Waals surface area (Å²) in [6.07, 6.45) is 0.225. The van der Waals surface area contributed by atoms with Crippen LogP contribution in [0.1, 0.15) is 68.1 Å². The third-order valence-corrected chi connectivity index (χ3v) is 9.69. The van der Waals surface area contributed by atoms with Gasteiger partial charge in [0.25, 0.3) is 0 Å². The van der Waals surface area contributed by atoms with Crippen molar-refractivity contribution in [3.05, 3.63) is 61.2 Å². The molecule has 0 aliphatic carbocycles. The first-order valence-electron chi connectivity index (χ1n) is 12.9. The van der Waals surface area contributed by atoms with Crippen LogP contribution in [-0.4, -0.2) is 13.2 Å². The van der Waals surface area contributed by atoms with Gasteiger partial charge in [0.15, 0.2) is 0 Å². The summed E-state index contributed by atoms with van der Waals surface area (Å²) in [5.74, 6) is 0. The van der Waals surface area contributed by atoms with Crippen molar-refractivity contribution in [1.29, 1.82) is 0 Å². The van der Waals surface area contributed by atoms with E-state index in [0.717, 1.165) is 11.2 Å². The molecule has 3 aromatic carbocycles. The minimum absolute atomic E-state index is 0.225. The number of nitrogens with zero attached hydrogens (tertiary/aromatic N) is 2. The second-order valence-corrected chi connectivity index (χ2v) is 11.0. The van der Waals surface area contributed by atoms with Crippen molar-refractivity contribution in [3.8, 4) is 0 Å². The highest BCUT2D eigenvalue weighted by Gasteiger charge is 2.38. The van der Waals surface area contributed by atoms with Crippen LogP contribution in [0, 0.1) is 76.2 Å². The highest BCUT2D eigenvalue weighted by molar-refractivity contribution is 6.13. The molecule has 4 aromatic rings. The van der Waals surface area contributed by atoms with Crippen LogP contribution >= 0.6 is 0 Å². The molecule has 0 N–H and O–H groups in total. The maximum Gasteiger partial charge on any atom is 0.139 e. The number of hydrogen-bond donors (Lipinski definition) is 0. The van der Waals surface area contributed by atoms with Gasteiger partial charge in [0.2, 0.25) is 0 Å². The summed E-state index contributed by atoms with van der Waals surface area (Å²) in [5.41, 5.74) is 20.9. The Labute approximate surface area is 210 Å². The molecule has 5 rings (SSSR count). The zero-order valence-corrected chi connectivity index (χ0v) is 23.9. The molecule has 0 amide bonds. The Kier molecular flexibility index (Phi) is 5.12. The van der Waals surface area contributed by atoms with Crippen molar-refractivity contribution in [2.45, 2.75) is 89.3 Å². The molecule has 3 heteroatoms. The number of furan rings is 1. The van der Waals surface area contributed by atoms with Gasteiger partial charge in [0.1, 0.15) is 17.3 Å². The molecule has 35 heavy (non-hydrogen) atoms. The van der Waals surface area contributed by atoms with Crippen molar-refractivity contribution in [3.63, 3.8) is 0 Å². The molecular weight excluding hydrogens is 428 g/mol. The molecule has 0 spiro atoms. The van der Waals surface area contributed by atoms with Gasteiger partial charge in [-0.05, 0) is 144 Å². The summed E-state index contributed by atoms with van der Waals surface area (Å²) in [7, 11) is 2.24. The van der Waals surface area contributed by atoms with Crippen LogP contribution < -0.4 is 9.80 Å². The van der Waals surface area contributed by atoms with Crippen LogP contribution in [0.4, 0.5) is 17.1 Å². The second-order valence-electron chi connectivity index (χ2n) is 11.0. The first-order valence-corrected chi connectivity index (χ1v) is 12.9. The van der Waals surface area contributed by atoms with E-state index >= 15 is 0 Å². The topological polar surface area (TPSA) is 19.6 Å². The number of benzene rings is 3. The predicted octanol–water partition coefficient (Wildman–Crippen LogP) is 8.91. The zero-order chi connectivity index (χ0) is 25.8. The van der Waals surface area contributed by atoms with E-state index in [0.29, 0.717) is 0 Å². The summed E-state index contributed by atoms with van der Waals surface area (Å²) in [4.78, 5) is 5.06. The Morgan fingerprint density at radius 3 is 1.43 bits per heavy atom. The molecule has 0 bridgehead atoms. The van der Waals surface area contributed by atoms with E-state index in [1.165, 1.54) is 89.0 Å². The highest BCUT2D eigenvalue weighted by atomic mass is 16.3. The van der Waals surface area contributed by atoms with Gasteiger partial charge >= 0.3 is 0 Å². The molecule has 0 unspecified atom stereocenters. The van der Waals surface area contributed by atoms with E-state index < -0.39 is 0 Å². The Bertz CT molecular complexity index is 1580.